The molecule has 0 aromatic heterocycles. The monoisotopic (exact) mass is 572 g/mol. The summed E-state index contributed by atoms with van der Waals surface area (Å²) in [5.74, 6) is -1.63. The maximum Gasteiger partial charge on any atom is 0.246 e. The first-order valence-electron chi connectivity index (χ1n) is 15.2. The zero-order valence-corrected chi connectivity index (χ0v) is 24.7. The number of hydrogen-bond donors (Lipinski definition) is 5. The molecule has 2 saturated heterocycles. The number of benzene rings is 1. The lowest BCUT2D eigenvalue weighted by Gasteiger charge is -2.39. The van der Waals surface area contributed by atoms with Crippen molar-refractivity contribution in [1.82, 2.24) is 20.9 Å². The lowest BCUT2D eigenvalue weighted by molar-refractivity contribution is -0.147. The van der Waals surface area contributed by atoms with Gasteiger partial charge < -0.3 is 31.1 Å². The summed E-state index contributed by atoms with van der Waals surface area (Å²) in [6, 6.07) is 6.06. The molecule has 0 radical (unpaired) electrons. The van der Waals surface area contributed by atoms with Gasteiger partial charge in [-0.1, -0.05) is 69.9 Å². The van der Waals surface area contributed by atoms with Gasteiger partial charge in [0, 0.05) is 13.0 Å². The van der Waals surface area contributed by atoms with Gasteiger partial charge in [-0.05, 0) is 50.5 Å². The molecule has 0 bridgehead atoms. The number of aliphatic hydroxyl groups is 2. The summed E-state index contributed by atoms with van der Waals surface area (Å²) in [5, 5.41) is 28.1. The van der Waals surface area contributed by atoms with Gasteiger partial charge in [-0.2, -0.15) is 0 Å². The van der Waals surface area contributed by atoms with Crippen LogP contribution < -0.4 is 16.0 Å². The highest BCUT2D eigenvalue weighted by Gasteiger charge is 2.40. The van der Waals surface area contributed by atoms with E-state index in [2.05, 4.69) is 16.0 Å². The van der Waals surface area contributed by atoms with Crippen molar-refractivity contribution in [2.24, 2.45) is 5.92 Å². The van der Waals surface area contributed by atoms with E-state index in [1.807, 2.05) is 44.2 Å². The largest absolute Gasteiger partial charge is 0.391 e. The van der Waals surface area contributed by atoms with Crippen molar-refractivity contribution in [2.45, 2.75) is 121 Å². The van der Waals surface area contributed by atoms with Crippen LogP contribution in [0, 0.1) is 5.92 Å². The molecule has 5 N–H and O–H groups in total. The summed E-state index contributed by atoms with van der Waals surface area (Å²) in [5.41, 5.74) is 0.861. The Kier molecular flexibility index (Phi) is 12.6. The second kappa shape index (κ2) is 15.9. The maximum absolute atomic E-state index is 13.9. The van der Waals surface area contributed by atoms with E-state index in [1.54, 1.807) is 11.8 Å². The molecule has 2 heterocycles. The van der Waals surface area contributed by atoms with Crippen molar-refractivity contribution in [3.63, 3.8) is 0 Å². The lowest BCUT2D eigenvalue weighted by Crippen LogP contribution is -2.64. The lowest BCUT2D eigenvalue weighted by atomic mass is 9.93. The Balaban J connectivity index is 1.86. The second-order valence-corrected chi connectivity index (χ2v) is 11.7. The molecule has 0 aliphatic carbocycles. The van der Waals surface area contributed by atoms with Crippen LogP contribution in [-0.4, -0.2) is 81.7 Å². The average molecular weight is 573 g/mol. The van der Waals surface area contributed by atoms with E-state index in [4.69, 9.17) is 0 Å². The van der Waals surface area contributed by atoms with E-state index in [0.29, 0.717) is 51.5 Å². The molecule has 0 saturated carbocycles. The third kappa shape index (κ3) is 9.26. The number of carbonyl (C=O) groups excluding carboxylic acids is 4. The topological polar surface area (TPSA) is 148 Å². The number of piperidine rings is 1. The molecule has 4 amide bonds. The van der Waals surface area contributed by atoms with E-state index < -0.39 is 48.2 Å². The number of amides is 4. The summed E-state index contributed by atoms with van der Waals surface area (Å²) in [6.45, 7) is 5.84. The first-order chi connectivity index (χ1) is 19.6. The Morgan fingerprint density at radius 3 is 2.24 bits per heavy atom. The molecule has 2 aliphatic rings. The Hall–Kier alpha value is -2.98. The Morgan fingerprint density at radius 1 is 0.878 bits per heavy atom. The minimum atomic E-state index is -0.929. The SMILES string of the molecule is CCC(C)C1NC(=O)C(Cc2ccccc2)NC(=O)C(CCCCCC(O)C(C)O)NC(=O)C2CCCCN2C1=O. The highest BCUT2D eigenvalue weighted by atomic mass is 16.3. The number of fused-ring (bicyclic) bond motifs is 1. The van der Waals surface area contributed by atoms with Crippen LogP contribution in [0.4, 0.5) is 0 Å². The molecular formula is C31H48N4O6. The standard InChI is InChI=1S/C31H48N4O6/c1-4-20(2)27-31(41)35-18-12-11-16-25(35)30(40)32-23(15-9-6-10-17-26(37)21(3)36)28(38)33-24(29(39)34-27)19-22-13-7-5-8-14-22/h5,7-8,13-14,20-21,23-27,36-37H,4,6,9-12,15-19H2,1-3H3,(H,32,40)(H,33,38)(H,34,39). The van der Waals surface area contributed by atoms with Crippen LogP contribution in [0.2, 0.25) is 0 Å². The van der Waals surface area contributed by atoms with Gasteiger partial charge in [0.15, 0.2) is 0 Å². The number of hydrogen-bond acceptors (Lipinski definition) is 6. The summed E-state index contributed by atoms with van der Waals surface area (Å²) in [7, 11) is 0. The predicted molar refractivity (Wildman–Crippen MR) is 156 cm³/mol. The normalized spacial score (nSPS) is 26.4. The van der Waals surface area contributed by atoms with Crippen LogP contribution in [-0.2, 0) is 25.6 Å². The Labute approximate surface area is 243 Å². The number of nitrogens with one attached hydrogen (secondary N) is 3. The molecule has 228 valence electrons. The molecule has 10 heteroatoms. The molecule has 0 spiro atoms. The molecule has 7 atom stereocenters. The van der Waals surface area contributed by atoms with Gasteiger partial charge in [0.1, 0.15) is 24.2 Å². The van der Waals surface area contributed by atoms with Gasteiger partial charge in [0.25, 0.3) is 0 Å². The first-order valence-corrected chi connectivity index (χ1v) is 15.2. The molecule has 1 aromatic rings. The predicted octanol–water partition coefficient (Wildman–Crippen LogP) is 1.82. The summed E-state index contributed by atoms with van der Waals surface area (Å²) >= 11 is 0. The van der Waals surface area contributed by atoms with Crippen LogP contribution in [0.1, 0.15) is 84.1 Å². The van der Waals surface area contributed by atoms with E-state index in [0.717, 1.165) is 18.4 Å². The molecule has 41 heavy (non-hydrogen) atoms. The summed E-state index contributed by atoms with van der Waals surface area (Å²) in [6.07, 6.45) is 4.11. The summed E-state index contributed by atoms with van der Waals surface area (Å²) < 4.78 is 0. The minimum Gasteiger partial charge on any atom is -0.391 e. The van der Waals surface area contributed by atoms with Crippen LogP contribution in [0.15, 0.2) is 30.3 Å². The zero-order chi connectivity index (χ0) is 29.9. The fraction of sp³-hybridized carbons (Fsp3) is 0.677. The number of rotatable bonds is 11. The number of carbonyl (C=O) groups is 4. The number of nitrogens with zero attached hydrogens (tertiary/aromatic N) is 1. The highest BCUT2D eigenvalue weighted by molar-refractivity contribution is 5.97. The average Bonchev–Trinajstić information content (AvgIpc) is 2.97. The van der Waals surface area contributed by atoms with Gasteiger partial charge in [-0.3, -0.25) is 19.2 Å². The minimum absolute atomic E-state index is 0.159. The zero-order valence-electron chi connectivity index (χ0n) is 24.7. The molecule has 2 fully saturated rings. The van der Waals surface area contributed by atoms with Gasteiger partial charge >= 0.3 is 0 Å². The van der Waals surface area contributed by atoms with Crippen molar-refractivity contribution < 1.29 is 29.4 Å². The number of unbranched alkanes of at least 4 members (excludes halogenated alkanes) is 2. The van der Waals surface area contributed by atoms with Crippen LogP contribution in [0.5, 0.6) is 0 Å². The molecule has 2 aliphatic heterocycles. The van der Waals surface area contributed by atoms with Crippen molar-refractivity contribution in [1.29, 1.82) is 0 Å². The molecular weight excluding hydrogens is 524 g/mol. The van der Waals surface area contributed by atoms with Crippen molar-refractivity contribution in [3.05, 3.63) is 35.9 Å². The van der Waals surface area contributed by atoms with Gasteiger partial charge in [0.05, 0.1) is 12.2 Å². The second-order valence-electron chi connectivity index (χ2n) is 11.7. The van der Waals surface area contributed by atoms with E-state index >= 15 is 0 Å². The third-order valence-corrected chi connectivity index (χ3v) is 8.46. The fourth-order valence-corrected chi connectivity index (χ4v) is 5.57. The van der Waals surface area contributed by atoms with Crippen LogP contribution in [0.3, 0.4) is 0 Å². The highest BCUT2D eigenvalue weighted by Crippen LogP contribution is 2.22. The molecule has 3 rings (SSSR count). The van der Waals surface area contributed by atoms with Crippen molar-refractivity contribution in [3.8, 4) is 0 Å². The first kappa shape index (κ1) is 32.5. The van der Waals surface area contributed by atoms with Crippen LogP contribution >= 0.6 is 0 Å². The van der Waals surface area contributed by atoms with E-state index in [1.165, 1.54) is 0 Å². The van der Waals surface area contributed by atoms with Gasteiger partial charge in [-0.25, -0.2) is 0 Å². The fourth-order valence-electron chi connectivity index (χ4n) is 5.57. The van der Waals surface area contributed by atoms with E-state index in [9.17, 15) is 29.4 Å². The van der Waals surface area contributed by atoms with Crippen molar-refractivity contribution >= 4 is 23.6 Å². The van der Waals surface area contributed by atoms with Crippen molar-refractivity contribution in [2.75, 3.05) is 6.54 Å². The molecule has 1 aromatic carbocycles. The smallest absolute Gasteiger partial charge is 0.246 e. The van der Waals surface area contributed by atoms with Crippen LogP contribution in [0.25, 0.3) is 0 Å². The quantitative estimate of drug-likeness (QED) is 0.256. The molecule has 10 nitrogen and oxygen atoms in total. The van der Waals surface area contributed by atoms with Gasteiger partial charge in [-0.15, -0.1) is 0 Å². The summed E-state index contributed by atoms with van der Waals surface area (Å²) in [4.78, 5) is 56.3. The Bertz CT molecular complexity index is 1020. The van der Waals surface area contributed by atoms with E-state index in [-0.39, 0.29) is 24.2 Å². The molecule has 7 unspecified atom stereocenters. The van der Waals surface area contributed by atoms with Gasteiger partial charge in [0.2, 0.25) is 23.6 Å². The maximum atomic E-state index is 13.9. The third-order valence-electron chi connectivity index (χ3n) is 8.46. The number of aliphatic hydroxyl groups excluding tert-OH is 2. The Morgan fingerprint density at radius 2 is 1.56 bits per heavy atom.